The van der Waals surface area contributed by atoms with Gasteiger partial charge in [0.2, 0.25) is 5.91 Å². The van der Waals surface area contributed by atoms with E-state index in [4.69, 9.17) is 23.8 Å². The molecule has 1 aromatic carbocycles. The van der Waals surface area contributed by atoms with Crippen molar-refractivity contribution in [2.45, 2.75) is 37.9 Å². The molecule has 5 heterocycles. The van der Waals surface area contributed by atoms with Crippen LogP contribution in [0, 0.1) is 12.3 Å². The first kappa shape index (κ1) is 30.6. The standard InChI is InChI=1S/C32H35ClN8O3S/c1-2-22-15-21(16-26(33)29(22)34)17-27(30(42)39-13-11-38(12-14-39)24-3-7-35-8-4-24)36-31(43)40-9-5-25(6-10-40)41-18-23-19-45-20-28(23)37-32(41)44/h1,3-4,7-8,15-16,19-20,25,27H,5-6,9-14,17-18,34H2,(H,36,43)(H,37,44)/t27-/m1/s1. The van der Waals surface area contributed by atoms with Crippen molar-refractivity contribution in [2.75, 3.05) is 55.2 Å². The maximum absolute atomic E-state index is 14.0. The molecule has 3 aromatic rings. The van der Waals surface area contributed by atoms with E-state index in [0.29, 0.717) is 80.5 Å². The molecule has 0 spiro atoms. The number of fused-ring (bicyclic) bond motifs is 1. The van der Waals surface area contributed by atoms with Crippen molar-refractivity contribution in [3.05, 3.63) is 69.1 Å². The number of nitrogens with zero attached hydrogens (tertiary/aromatic N) is 5. The molecule has 234 valence electrons. The number of benzene rings is 1. The van der Waals surface area contributed by atoms with Crippen molar-refractivity contribution in [3.63, 3.8) is 0 Å². The number of nitrogens with two attached hydrogens (primary N) is 1. The number of aromatic nitrogens is 1. The fourth-order valence-electron chi connectivity index (χ4n) is 6.22. The predicted octanol–water partition coefficient (Wildman–Crippen LogP) is 3.84. The zero-order chi connectivity index (χ0) is 31.5. The van der Waals surface area contributed by atoms with Gasteiger partial charge >= 0.3 is 12.1 Å². The van der Waals surface area contributed by atoms with Crippen LogP contribution in [0.5, 0.6) is 0 Å². The third-order valence-corrected chi connectivity index (χ3v) is 9.88. The Labute approximate surface area is 271 Å². The molecule has 6 rings (SSSR count). The number of hydrogen-bond donors (Lipinski definition) is 3. The molecule has 1 atom stereocenters. The van der Waals surface area contributed by atoms with Crippen molar-refractivity contribution in [1.82, 2.24) is 25.0 Å². The maximum Gasteiger partial charge on any atom is 0.322 e. The zero-order valence-corrected chi connectivity index (χ0v) is 26.3. The van der Waals surface area contributed by atoms with Crippen LogP contribution in [0.25, 0.3) is 0 Å². The van der Waals surface area contributed by atoms with Gasteiger partial charge in [-0.3, -0.25) is 9.78 Å². The highest BCUT2D eigenvalue weighted by molar-refractivity contribution is 7.08. The molecule has 2 fully saturated rings. The SMILES string of the molecule is C#Cc1cc(C[C@@H](NC(=O)N2CCC(N3Cc4cscc4NC3=O)CC2)C(=O)N2CCN(c3ccncc3)CC2)cc(Cl)c1N. The van der Waals surface area contributed by atoms with Gasteiger partial charge in [0.15, 0.2) is 0 Å². The van der Waals surface area contributed by atoms with Gasteiger partial charge in [-0.15, -0.1) is 17.8 Å². The van der Waals surface area contributed by atoms with E-state index in [0.717, 1.165) is 16.9 Å². The second-order valence-electron chi connectivity index (χ2n) is 11.5. The number of thiophene rings is 1. The van der Waals surface area contributed by atoms with Crippen molar-refractivity contribution in [2.24, 2.45) is 0 Å². The van der Waals surface area contributed by atoms with Gasteiger partial charge in [-0.2, -0.15) is 0 Å². The highest BCUT2D eigenvalue weighted by Crippen LogP contribution is 2.30. The third-order valence-electron chi connectivity index (χ3n) is 8.78. The van der Waals surface area contributed by atoms with Gasteiger partial charge in [0.25, 0.3) is 0 Å². The minimum atomic E-state index is -0.835. The lowest BCUT2D eigenvalue weighted by atomic mass is 10.0. The Kier molecular flexibility index (Phi) is 9.00. The summed E-state index contributed by atoms with van der Waals surface area (Å²) in [5, 5.41) is 10.3. The number of hydrogen-bond acceptors (Lipinski definition) is 7. The molecule has 45 heavy (non-hydrogen) atoms. The molecule has 3 aliphatic rings. The van der Waals surface area contributed by atoms with Gasteiger partial charge in [0.1, 0.15) is 6.04 Å². The monoisotopic (exact) mass is 646 g/mol. The Morgan fingerprint density at radius 3 is 2.56 bits per heavy atom. The van der Waals surface area contributed by atoms with Crippen LogP contribution in [0.4, 0.5) is 26.7 Å². The van der Waals surface area contributed by atoms with Crippen LogP contribution in [0.1, 0.15) is 29.5 Å². The molecule has 0 unspecified atom stereocenters. The van der Waals surface area contributed by atoms with Crippen molar-refractivity contribution in [3.8, 4) is 12.3 Å². The number of nitrogens with one attached hydrogen (secondary N) is 2. The molecule has 13 heteroatoms. The fourth-order valence-corrected chi connectivity index (χ4v) is 7.24. The first-order chi connectivity index (χ1) is 21.8. The molecule has 4 N–H and O–H groups in total. The average molecular weight is 647 g/mol. The van der Waals surface area contributed by atoms with Gasteiger partial charge in [-0.25, -0.2) is 9.59 Å². The van der Waals surface area contributed by atoms with Crippen LogP contribution in [-0.2, 0) is 17.8 Å². The molecular formula is C32H35ClN8O3S. The molecular weight excluding hydrogens is 612 g/mol. The molecule has 0 radical (unpaired) electrons. The number of nitrogen functional groups attached to an aromatic ring is 1. The van der Waals surface area contributed by atoms with Gasteiger partial charge in [0.05, 0.1) is 22.9 Å². The Morgan fingerprint density at radius 1 is 1.11 bits per heavy atom. The van der Waals surface area contributed by atoms with E-state index in [2.05, 4.69) is 31.8 Å². The first-order valence-electron chi connectivity index (χ1n) is 15.0. The van der Waals surface area contributed by atoms with Crippen molar-refractivity contribution >= 4 is 58.0 Å². The Bertz CT molecular complexity index is 1610. The fraction of sp³-hybridized carbons (Fsp3) is 0.375. The molecule has 11 nitrogen and oxygen atoms in total. The largest absolute Gasteiger partial charge is 0.397 e. The summed E-state index contributed by atoms with van der Waals surface area (Å²) >= 11 is 7.94. The van der Waals surface area contributed by atoms with Gasteiger partial charge < -0.3 is 36.0 Å². The number of amides is 5. The summed E-state index contributed by atoms with van der Waals surface area (Å²) in [6.45, 7) is 3.86. The number of carbonyl (C=O) groups is 3. The number of urea groups is 2. The quantitative estimate of drug-likeness (QED) is 0.276. The molecule has 3 aliphatic heterocycles. The van der Waals surface area contributed by atoms with Crippen molar-refractivity contribution in [1.29, 1.82) is 0 Å². The minimum absolute atomic E-state index is 0.0234. The lowest BCUT2D eigenvalue weighted by molar-refractivity contribution is -0.133. The summed E-state index contributed by atoms with van der Waals surface area (Å²) in [6.07, 6.45) is 10.7. The summed E-state index contributed by atoms with van der Waals surface area (Å²) in [6, 6.07) is 6.11. The van der Waals surface area contributed by atoms with E-state index in [1.807, 2.05) is 22.4 Å². The predicted molar refractivity (Wildman–Crippen MR) is 176 cm³/mol. The van der Waals surface area contributed by atoms with E-state index in [-0.39, 0.29) is 30.4 Å². The van der Waals surface area contributed by atoms with Gasteiger partial charge in [-0.1, -0.05) is 17.5 Å². The molecule has 5 amide bonds. The normalized spacial score (nSPS) is 17.7. The summed E-state index contributed by atoms with van der Waals surface area (Å²) in [4.78, 5) is 52.0. The number of halogens is 1. The number of likely N-dealkylation sites (tertiary alicyclic amines) is 1. The minimum Gasteiger partial charge on any atom is -0.397 e. The van der Waals surface area contributed by atoms with Gasteiger partial charge in [-0.05, 0) is 48.1 Å². The molecule has 0 bridgehead atoms. The molecule has 2 saturated heterocycles. The van der Waals surface area contributed by atoms with E-state index < -0.39 is 6.04 Å². The van der Waals surface area contributed by atoms with Crippen LogP contribution in [0.15, 0.2) is 47.4 Å². The van der Waals surface area contributed by atoms with E-state index >= 15 is 0 Å². The lowest BCUT2D eigenvalue weighted by Crippen LogP contribution is -2.58. The van der Waals surface area contributed by atoms with Crippen LogP contribution < -0.4 is 21.3 Å². The lowest BCUT2D eigenvalue weighted by Gasteiger charge is -2.40. The Morgan fingerprint density at radius 2 is 1.84 bits per heavy atom. The number of rotatable bonds is 6. The second-order valence-corrected chi connectivity index (χ2v) is 12.6. The summed E-state index contributed by atoms with van der Waals surface area (Å²) in [5.41, 5.74) is 10.5. The maximum atomic E-state index is 14.0. The number of pyridine rings is 1. The number of terminal acetylenes is 1. The topological polar surface area (TPSA) is 127 Å². The van der Waals surface area contributed by atoms with E-state index in [9.17, 15) is 14.4 Å². The highest BCUT2D eigenvalue weighted by Gasteiger charge is 2.35. The van der Waals surface area contributed by atoms with Gasteiger partial charge in [0, 0.05) is 86.3 Å². The first-order valence-corrected chi connectivity index (χ1v) is 16.3. The second kappa shape index (κ2) is 13.3. The summed E-state index contributed by atoms with van der Waals surface area (Å²) in [7, 11) is 0. The zero-order valence-electron chi connectivity index (χ0n) is 24.7. The number of anilines is 3. The molecule has 0 saturated carbocycles. The number of carbonyl (C=O) groups excluding carboxylic acids is 3. The molecule has 2 aromatic heterocycles. The Balaban J connectivity index is 1.12. The number of piperazine rings is 1. The number of piperidine rings is 1. The summed E-state index contributed by atoms with van der Waals surface area (Å²) < 4.78 is 0. The van der Waals surface area contributed by atoms with Crippen LogP contribution >= 0.6 is 22.9 Å². The van der Waals surface area contributed by atoms with E-state index in [1.165, 1.54) is 0 Å². The van der Waals surface area contributed by atoms with E-state index in [1.54, 1.807) is 45.7 Å². The smallest absolute Gasteiger partial charge is 0.322 e. The van der Waals surface area contributed by atoms with Crippen LogP contribution in [0.3, 0.4) is 0 Å². The van der Waals surface area contributed by atoms with Crippen LogP contribution in [-0.4, -0.2) is 89.0 Å². The Hall–Kier alpha value is -4.47. The van der Waals surface area contributed by atoms with Crippen LogP contribution in [0.2, 0.25) is 5.02 Å². The average Bonchev–Trinajstić information content (AvgIpc) is 3.53. The summed E-state index contributed by atoms with van der Waals surface area (Å²) in [5.74, 6) is 2.38. The molecule has 0 aliphatic carbocycles. The third kappa shape index (κ3) is 6.65. The highest BCUT2D eigenvalue weighted by atomic mass is 35.5. The van der Waals surface area contributed by atoms with Crippen molar-refractivity contribution < 1.29 is 14.4 Å².